The summed E-state index contributed by atoms with van der Waals surface area (Å²) in [4.78, 5) is 25.5. The van der Waals surface area contributed by atoms with Gasteiger partial charge in [-0.3, -0.25) is 4.79 Å². The molecular formula is C21H33N3O3. The van der Waals surface area contributed by atoms with Crippen LogP contribution >= 0.6 is 0 Å². The van der Waals surface area contributed by atoms with Crippen molar-refractivity contribution in [1.29, 1.82) is 0 Å². The lowest BCUT2D eigenvalue weighted by molar-refractivity contribution is -0.130. The number of nitrogens with zero attached hydrogens (tertiary/aromatic N) is 1. The van der Waals surface area contributed by atoms with E-state index in [0.717, 1.165) is 19.3 Å². The molecule has 1 aliphatic carbocycles. The van der Waals surface area contributed by atoms with E-state index in [0.29, 0.717) is 17.4 Å². The highest BCUT2D eigenvalue weighted by Crippen LogP contribution is 2.38. The van der Waals surface area contributed by atoms with Gasteiger partial charge in [0, 0.05) is 25.8 Å². The first-order valence-corrected chi connectivity index (χ1v) is 9.67. The molecule has 0 bridgehead atoms. The number of amides is 3. The predicted molar refractivity (Wildman–Crippen MR) is 108 cm³/mol. The van der Waals surface area contributed by atoms with E-state index in [1.807, 2.05) is 0 Å². The number of urea groups is 1. The molecule has 27 heavy (non-hydrogen) atoms. The van der Waals surface area contributed by atoms with Crippen molar-refractivity contribution in [3.05, 3.63) is 24.3 Å². The van der Waals surface area contributed by atoms with Crippen molar-refractivity contribution in [2.75, 3.05) is 26.0 Å². The number of hydrogen-bond acceptors (Lipinski definition) is 3. The van der Waals surface area contributed by atoms with Gasteiger partial charge in [-0.05, 0) is 48.4 Å². The number of ether oxygens (including phenoxy) is 1. The molecule has 0 heterocycles. The summed E-state index contributed by atoms with van der Waals surface area (Å²) >= 11 is 0. The number of benzene rings is 1. The van der Waals surface area contributed by atoms with E-state index in [-0.39, 0.29) is 30.0 Å². The largest absolute Gasteiger partial charge is 0.484 e. The third kappa shape index (κ3) is 6.45. The van der Waals surface area contributed by atoms with Crippen LogP contribution < -0.4 is 15.4 Å². The lowest BCUT2D eigenvalue weighted by Gasteiger charge is -2.40. The third-order valence-electron chi connectivity index (χ3n) is 5.17. The molecule has 150 valence electrons. The predicted octanol–water partition coefficient (Wildman–Crippen LogP) is 3.88. The molecule has 6 nitrogen and oxygen atoms in total. The zero-order valence-electron chi connectivity index (χ0n) is 17.2. The fourth-order valence-corrected chi connectivity index (χ4v) is 3.58. The molecule has 0 saturated heterocycles. The van der Waals surface area contributed by atoms with Gasteiger partial charge in [0.2, 0.25) is 0 Å². The SMILES string of the molecule is CN(C)C(=O)COc1ccc(NC(=O)N[C@@H]2CCCC[C@H]2C(C)(C)C)cc1. The lowest BCUT2D eigenvalue weighted by atomic mass is 9.69. The highest BCUT2D eigenvalue weighted by molar-refractivity contribution is 5.89. The summed E-state index contributed by atoms with van der Waals surface area (Å²) in [7, 11) is 3.38. The van der Waals surface area contributed by atoms with Crippen LogP contribution in [0.1, 0.15) is 46.5 Å². The highest BCUT2D eigenvalue weighted by atomic mass is 16.5. The van der Waals surface area contributed by atoms with Crippen LogP contribution in [-0.2, 0) is 4.79 Å². The Balaban J connectivity index is 1.87. The van der Waals surface area contributed by atoms with Crippen molar-refractivity contribution >= 4 is 17.6 Å². The van der Waals surface area contributed by atoms with Crippen molar-refractivity contribution in [2.24, 2.45) is 11.3 Å². The Kier molecular flexibility index (Phi) is 7.11. The van der Waals surface area contributed by atoms with Gasteiger partial charge in [-0.2, -0.15) is 0 Å². The van der Waals surface area contributed by atoms with Crippen molar-refractivity contribution in [3.8, 4) is 5.75 Å². The van der Waals surface area contributed by atoms with Crippen LogP contribution in [0.3, 0.4) is 0 Å². The molecule has 1 fully saturated rings. The summed E-state index contributed by atoms with van der Waals surface area (Å²) < 4.78 is 5.44. The zero-order chi connectivity index (χ0) is 20.0. The van der Waals surface area contributed by atoms with Crippen molar-refractivity contribution in [1.82, 2.24) is 10.2 Å². The van der Waals surface area contributed by atoms with E-state index >= 15 is 0 Å². The number of nitrogens with one attached hydrogen (secondary N) is 2. The molecule has 0 aliphatic heterocycles. The minimum absolute atomic E-state index is 0.00384. The Morgan fingerprint density at radius 3 is 2.33 bits per heavy atom. The van der Waals surface area contributed by atoms with Gasteiger partial charge < -0.3 is 20.3 Å². The average Bonchev–Trinajstić information content (AvgIpc) is 2.60. The fourth-order valence-electron chi connectivity index (χ4n) is 3.58. The molecule has 0 unspecified atom stereocenters. The van der Waals surface area contributed by atoms with Crippen LogP contribution in [0.5, 0.6) is 5.75 Å². The van der Waals surface area contributed by atoms with Gasteiger partial charge in [0.15, 0.2) is 6.61 Å². The van der Waals surface area contributed by atoms with Crippen molar-refractivity contribution < 1.29 is 14.3 Å². The summed E-state index contributed by atoms with van der Waals surface area (Å²) in [5.41, 5.74) is 0.878. The van der Waals surface area contributed by atoms with E-state index < -0.39 is 0 Å². The fraction of sp³-hybridized carbons (Fsp3) is 0.619. The quantitative estimate of drug-likeness (QED) is 0.820. The molecule has 0 radical (unpaired) electrons. The first-order chi connectivity index (χ1) is 12.7. The molecule has 2 atom stereocenters. The van der Waals surface area contributed by atoms with Crippen molar-refractivity contribution in [2.45, 2.75) is 52.5 Å². The molecule has 3 amide bonds. The van der Waals surface area contributed by atoms with Crippen LogP contribution in [0.2, 0.25) is 0 Å². The molecule has 2 N–H and O–H groups in total. The summed E-state index contributed by atoms with van der Waals surface area (Å²) in [6.45, 7) is 6.73. The second kappa shape index (κ2) is 9.11. The van der Waals surface area contributed by atoms with E-state index in [9.17, 15) is 9.59 Å². The van der Waals surface area contributed by atoms with Crippen LogP contribution in [0.15, 0.2) is 24.3 Å². The topological polar surface area (TPSA) is 70.7 Å². The maximum atomic E-state index is 12.4. The molecule has 6 heteroatoms. The molecular weight excluding hydrogens is 342 g/mol. The Hall–Kier alpha value is -2.24. The lowest BCUT2D eigenvalue weighted by Crippen LogP contribution is -2.48. The van der Waals surface area contributed by atoms with Crippen LogP contribution in [0.25, 0.3) is 0 Å². The van der Waals surface area contributed by atoms with Gasteiger partial charge in [-0.15, -0.1) is 0 Å². The molecule has 1 aromatic rings. The van der Waals surface area contributed by atoms with Crippen LogP contribution in [0, 0.1) is 11.3 Å². The number of carbonyl (C=O) groups excluding carboxylic acids is 2. The number of hydrogen-bond donors (Lipinski definition) is 2. The second-order valence-electron chi connectivity index (χ2n) is 8.56. The average molecular weight is 376 g/mol. The van der Waals surface area contributed by atoms with Gasteiger partial charge in [0.25, 0.3) is 5.91 Å². The molecule has 1 aliphatic rings. The Morgan fingerprint density at radius 1 is 1.11 bits per heavy atom. The molecule has 0 spiro atoms. The number of rotatable bonds is 5. The summed E-state index contributed by atoms with van der Waals surface area (Å²) in [5.74, 6) is 0.982. The van der Waals surface area contributed by atoms with Gasteiger partial charge in [-0.1, -0.05) is 33.6 Å². The normalized spacial score (nSPS) is 19.9. The number of likely N-dealkylation sites (N-methyl/N-ethyl adjacent to an activating group) is 1. The zero-order valence-corrected chi connectivity index (χ0v) is 17.2. The molecule has 1 saturated carbocycles. The summed E-state index contributed by atoms with van der Waals surface area (Å²) in [6, 6.07) is 7.08. The smallest absolute Gasteiger partial charge is 0.319 e. The monoisotopic (exact) mass is 375 g/mol. The minimum atomic E-state index is -0.174. The van der Waals surface area contributed by atoms with Crippen LogP contribution in [-0.4, -0.2) is 43.6 Å². The highest BCUT2D eigenvalue weighted by Gasteiger charge is 2.34. The Labute approximate surface area is 162 Å². The molecule has 0 aromatic heterocycles. The minimum Gasteiger partial charge on any atom is -0.484 e. The molecule has 2 rings (SSSR count). The Morgan fingerprint density at radius 2 is 1.74 bits per heavy atom. The van der Waals surface area contributed by atoms with E-state index in [2.05, 4.69) is 31.4 Å². The van der Waals surface area contributed by atoms with Crippen LogP contribution in [0.4, 0.5) is 10.5 Å². The van der Waals surface area contributed by atoms with Gasteiger partial charge in [0.05, 0.1) is 0 Å². The number of carbonyl (C=O) groups is 2. The summed E-state index contributed by atoms with van der Waals surface area (Å²) in [6.07, 6.45) is 4.59. The van der Waals surface area contributed by atoms with E-state index in [1.54, 1.807) is 38.4 Å². The van der Waals surface area contributed by atoms with Gasteiger partial charge in [0.1, 0.15) is 5.75 Å². The van der Waals surface area contributed by atoms with Gasteiger partial charge in [-0.25, -0.2) is 4.79 Å². The van der Waals surface area contributed by atoms with E-state index in [4.69, 9.17) is 4.74 Å². The first kappa shape index (κ1) is 21.1. The summed E-state index contributed by atoms with van der Waals surface area (Å²) in [5, 5.41) is 6.05. The van der Waals surface area contributed by atoms with Crippen molar-refractivity contribution in [3.63, 3.8) is 0 Å². The van der Waals surface area contributed by atoms with E-state index in [1.165, 1.54) is 11.3 Å². The standard InChI is InChI=1S/C21H33N3O3/c1-21(2,3)17-8-6-7-9-18(17)23-20(26)22-15-10-12-16(13-11-15)27-14-19(25)24(4)5/h10-13,17-18H,6-9,14H2,1-5H3,(H2,22,23,26)/t17-,18-/m1/s1. The van der Waals surface area contributed by atoms with Gasteiger partial charge >= 0.3 is 6.03 Å². The third-order valence-corrected chi connectivity index (χ3v) is 5.17. The first-order valence-electron chi connectivity index (χ1n) is 9.67. The molecule has 1 aromatic carbocycles. The maximum Gasteiger partial charge on any atom is 0.319 e. The maximum absolute atomic E-state index is 12.4. The number of anilines is 1. The Bertz CT molecular complexity index is 635. The second-order valence-corrected chi connectivity index (χ2v) is 8.56.